The van der Waals surface area contributed by atoms with Gasteiger partial charge < -0.3 is 10.1 Å². The Balaban J connectivity index is 2.60. The summed E-state index contributed by atoms with van der Waals surface area (Å²) in [5, 5.41) is 2.66. The Hall–Kier alpha value is -2.17. The molecule has 1 aromatic rings. The van der Waals surface area contributed by atoms with E-state index in [1.54, 1.807) is 12.1 Å². The van der Waals surface area contributed by atoms with Crippen molar-refractivity contribution in [2.24, 2.45) is 5.41 Å². The van der Waals surface area contributed by atoms with E-state index >= 15 is 0 Å². The van der Waals surface area contributed by atoms with Crippen molar-refractivity contribution in [3.8, 4) is 0 Å². The third-order valence-corrected chi connectivity index (χ3v) is 3.56. The van der Waals surface area contributed by atoms with Crippen molar-refractivity contribution >= 4 is 17.7 Å². The number of ketones is 1. The number of nitrogens with one attached hydrogen (secondary N) is 1. The number of rotatable bonds is 6. The first-order valence-electron chi connectivity index (χ1n) is 7.62. The number of aryl methyl sites for hydroxylation is 1. The van der Waals surface area contributed by atoms with E-state index < -0.39 is 17.4 Å². The molecule has 126 valence electrons. The molecule has 0 saturated heterocycles. The minimum atomic E-state index is -0.741. The SMILES string of the molecule is COC(=O)[C@@H](NC(=O)CCC(=O)c1ccc(C)cc1)C(C)(C)C. The van der Waals surface area contributed by atoms with Crippen molar-refractivity contribution in [1.29, 1.82) is 0 Å². The van der Waals surface area contributed by atoms with Crippen LogP contribution >= 0.6 is 0 Å². The summed E-state index contributed by atoms with van der Waals surface area (Å²) in [6.45, 7) is 7.46. The first-order valence-corrected chi connectivity index (χ1v) is 7.62. The summed E-state index contributed by atoms with van der Waals surface area (Å²) in [5.41, 5.74) is 1.19. The Morgan fingerprint density at radius 1 is 1.09 bits per heavy atom. The second kappa shape index (κ2) is 7.90. The lowest BCUT2D eigenvalue weighted by Gasteiger charge is -2.29. The maximum atomic E-state index is 12.1. The van der Waals surface area contributed by atoms with E-state index in [1.165, 1.54) is 7.11 Å². The van der Waals surface area contributed by atoms with Crippen LogP contribution in [0.5, 0.6) is 0 Å². The van der Waals surface area contributed by atoms with E-state index in [-0.39, 0.29) is 24.5 Å². The van der Waals surface area contributed by atoms with Crippen LogP contribution in [-0.4, -0.2) is 30.8 Å². The fourth-order valence-corrected chi connectivity index (χ4v) is 2.09. The number of esters is 1. The van der Waals surface area contributed by atoms with Crippen LogP contribution in [0.15, 0.2) is 24.3 Å². The third-order valence-electron chi connectivity index (χ3n) is 3.56. The number of hydrogen-bond acceptors (Lipinski definition) is 4. The van der Waals surface area contributed by atoms with Gasteiger partial charge in [-0.1, -0.05) is 50.6 Å². The second-order valence-electron chi connectivity index (χ2n) is 6.68. The number of amides is 1. The van der Waals surface area contributed by atoms with Gasteiger partial charge in [0, 0.05) is 18.4 Å². The molecule has 0 radical (unpaired) electrons. The van der Waals surface area contributed by atoms with E-state index in [4.69, 9.17) is 4.74 Å². The van der Waals surface area contributed by atoms with Crippen LogP contribution < -0.4 is 5.32 Å². The molecule has 0 unspecified atom stereocenters. The molecule has 0 aliphatic carbocycles. The first-order chi connectivity index (χ1) is 10.6. The van der Waals surface area contributed by atoms with E-state index in [0.717, 1.165) is 5.56 Å². The average Bonchev–Trinajstić information content (AvgIpc) is 2.49. The fourth-order valence-electron chi connectivity index (χ4n) is 2.09. The maximum Gasteiger partial charge on any atom is 0.328 e. The van der Waals surface area contributed by atoms with Gasteiger partial charge in [0.2, 0.25) is 5.91 Å². The molecule has 1 rings (SSSR count). The van der Waals surface area contributed by atoms with Crippen LogP contribution in [0.3, 0.4) is 0 Å². The summed E-state index contributed by atoms with van der Waals surface area (Å²) >= 11 is 0. The van der Waals surface area contributed by atoms with Crippen LogP contribution in [0.4, 0.5) is 0 Å². The maximum absolute atomic E-state index is 12.1. The van der Waals surface area contributed by atoms with Gasteiger partial charge >= 0.3 is 5.97 Å². The second-order valence-corrected chi connectivity index (χ2v) is 6.68. The zero-order valence-electron chi connectivity index (χ0n) is 14.4. The van der Waals surface area contributed by atoms with Crippen LogP contribution in [-0.2, 0) is 14.3 Å². The molecule has 0 aromatic heterocycles. The average molecular weight is 319 g/mol. The molecule has 0 heterocycles. The van der Waals surface area contributed by atoms with Crippen LogP contribution in [0.25, 0.3) is 0 Å². The summed E-state index contributed by atoms with van der Waals surface area (Å²) in [6.07, 6.45) is 0.142. The smallest absolute Gasteiger partial charge is 0.328 e. The van der Waals surface area contributed by atoms with Crippen molar-refractivity contribution in [3.63, 3.8) is 0 Å². The number of methoxy groups -OCH3 is 1. The molecular weight excluding hydrogens is 294 g/mol. The van der Waals surface area contributed by atoms with E-state index in [9.17, 15) is 14.4 Å². The van der Waals surface area contributed by atoms with Gasteiger partial charge in [-0.3, -0.25) is 9.59 Å². The van der Waals surface area contributed by atoms with Gasteiger partial charge in [-0.2, -0.15) is 0 Å². The molecule has 5 nitrogen and oxygen atoms in total. The van der Waals surface area contributed by atoms with Gasteiger partial charge in [-0.05, 0) is 12.3 Å². The lowest BCUT2D eigenvalue weighted by atomic mass is 9.86. The number of carbonyl (C=O) groups excluding carboxylic acids is 3. The highest BCUT2D eigenvalue weighted by Crippen LogP contribution is 2.20. The number of ether oxygens (including phenoxy) is 1. The molecular formula is C18H25NO4. The normalized spacial score (nSPS) is 12.4. The van der Waals surface area contributed by atoms with Crippen molar-refractivity contribution < 1.29 is 19.1 Å². The highest BCUT2D eigenvalue weighted by molar-refractivity contribution is 5.98. The first kappa shape index (κ1) is 18.9. The fraction of sp³-hybridized carbons (Fsp3) is 0.500. The molecule has 0 fully saturated rings. The molecule has 5 heteroatoms. The molecule has 1 aromatic carbocycles. The van der Waals surface area contributed by atoms with E-state index in [2.05, 4.69) is 5.32 Å². The van der Waals surface area contributed by atoms with Crippen molar-refractivity contribution in [1.82, 2.24) is 5.32 Å². The van der Waals surface area contributed by atoms with Gasteiger partial charge in [0.1, 0.15) is 6.04 Å². The van der Waals surface area contributed by atoms with Crippen molar-refractivity contribution in [3.05, 3.63) is 35.4 Å². The van der Waals surface area contributed by atoms with Crippen molar-refractivity contribution in [2.75, 3.05) is 7.11 Å². The monoisotopic (exact) mass is 319 g/mol. The third kappa shape index (κ3) is 5.85. The lowest BCUT2D eigenvalue weighted by Crippen LogP contribution is -2.49. The lowest BCUT2D eigenvalue weighted by molar-refractivity contribution is -0.148. The number of Topliss-reactive ketones (excluding diaryl/α,β-unsaturated/α-hetero) is 1. The minimum absolute atomic E-state index is 0.0380. The van der Waals surface area contributed by atoms with E-state index in [0.29, 0.717) is 5.56 Å². The Bertz CT molecular complexity index is 570. The van der Waals surface area contributed by atoms with E-state index in [1.807, 2.05) is 39.8 Å². The topological polar surface area (TPSA) is 72.5 Å². The Morgan fingerprint density at radius 3 is 2.13 bits per heavy atom. The number of carbonyl (C=O) groups is 3. The summed E-state index contributed by atoms with van der Waals surface area (Å²) in [7, 11) is 1.29. The summed E-state index contributed by atoms with van der Waals surface area (Å²) in [6, 6.07) is 6.49. The Morgan fingerprint density at radius 2 is 1.65 bits per heavy atom. The van der Waals surface area contributed by atoms with Gasteiger partial charge in [-0.25, -0.2) is 4.79 Å². The molecule has 0 bridgehead atoms. The Labute approximate surface area is 137 Å². The summed E-state index contributed by atoms with van der Waals surface area (Å²) < 4.78 is 4.73. The Kier molecular flexibility index (Phi) is 6.49. The molecule has 0 aliphatic rings. The predicted octanol–water partition coefficient (Wildman–Crippen LogP) is 2.66. The van der Waals surface area contributed by atoms with Gasteiger partial charge in [0.05, 0.1) is 7.11 Å². The predicted molar refractivity (Wildman–Crippen MR) is 88.1 cm³/mol. The molecule has 0 aliphatic heterocycles. The highest BCUT2D eigenvalue weighted by atomic mass is 16.5. The number of benzene rings is 1. The molecule has 0 spiro atoms. The van der Waals surface area contributed by atoms with Gasteiger partial charge in [-0.15, -0.1) is 0 Å². The largest absolute Gasteiger partial charge is 0.467 e. The summed E-state index contributed by atoms with van der Waals surface area (Å²) in [4.78, 5) is 35.9. The zero-order chi connectivity index (χ0) is 17.6. The van der Waals surface area contributed by atoms with Gasteiger partial charge in [0.15, 0.2) is 5.78 Å². The molecule has 1 N–H and O–H groups in total. The minimum Gasteiger partial charge on any atom is -0.467 e. The highest BCUT2D eigenvalue weighted by Gasteiger charge is 2.33. The van der Waals surface area contributed by atoms with Crippen LogP contribution in [0.1, 0.15) is 49.5 Å². The standard InChI is InChI=1S/C18H25NO4/c1-12-6-8-13(9-7-12)14(20)10-11-15(21)19-16(17(22)23-5)18(2,3)4/h6-9,16H,10-11H2,1-5H3,(H,19,21)/t16-/m1/s1. The van der Waals surface area contributed by atoms with Gasteiger partial charge in [0.25, 0.3) is 0 Å². The number of hydrogen-bond donors (Lipinski definition) is 1. The van der Waals surface area contributed by atoms with Crippen molar-refractivity contribution in [2.45, 2.75) is 46.6 Å². The molecule has 1 amide bonds. The molecule has 1 atom stereocenters. The van der Waals surface area contributed by atoms with Crippen LogP contribution in [0.2, 0.25) is 0 Å². The quantitative estimate of drug-likeness (QED) is 0.646. The summed E-state index contributed by atoms with van der Waals surface area (Å²) in [5.74, 6) is -0.919. The molecule has 23 heavy (non-hydrogen) atoms. The molecule has 0 saturated carbocycles. The zero-order valence-corrected chi connectivity index (χ0v) is 14.4. The van der Waals surface area contributed by atoms with Crippen LogP contribution in [0, 0.1) is 12.3 Å².